The second kappa shape index (κ2) is 7.00. The number of imidazole rings is 1. The zero-order valence-corrected chi connectivity index (χ0v) is 15.6. The lowest BCUT2D eigenvalue weighted by Gasteiger charge is -2.05. The van der Waals surface area contributed by atoms with Gasteiger partial charge in [-0.2, -0.15) is 0 Å². The van der Waals surface area contributed by atoms with Crippen LogP contribution in [0.25, 0.3) is 27.9 Å². The molecule has 0 radical (unpaired) electrons. The molecule has 0 aliphatic heterocycles. The van der Waals surface area contributed by atoms with Crippen molar-refractivity contribution in [3.8, 4) is 11.3 Å². The highest BCUT2D eigenvalue weighted by molar-refractivity contribution is 5.88. The summed E-state index contributed by atoms with van der Waals surface area (Å²) in [6.45, 7) is 9.66. The van der Waals surface area contributed by atoms with Gasteiger partial charge in [0.1, 0.15) is 0 Å². The third-order valence-electron chi connectivity index (χ3n) is 3.93. The Morgan fingerprint density at radius 3 is 2.54 bits per heavy atom. The van der Waals surface area contributed by atoms with Crippen molar-refractivity contribution in [3.05, 3.63) is 47.1 Å². The molecule has 0 aliphatic rings. The second-order valence-electron chi connectivity index (χ2n) is 6.66. The molecule has 0 aliphatic carbocycles. The minimum atomic E-state index is 0.334. The van der Waals surface area contributed by atoms with Gasteiger partial charge in [0, 0.05) is 22.2 Å². The summed E-state index contributed by atoms with van der Waals surface area (Å²) in [6, 6.07) is 8.06. The predicted molar refractivity (Wildman–Crippen MR) is 104 cm³/mol. The number of H-pyrrole nitrogens is 2. The van der Waals surface area contributed by atoms with E-state index in [9.17, 15) is 4.79 Å². The van der Waals surface area contributed by atoms with Gasteiger partial charge in [-0.15, -0.1) is 0 Å². The smallest absolute Gasteiger partial charge is 0.185 e. The molecule has 0 bridgehead atoms. The lowest BCUT2D eigenvalue weighted by Crippen LogP contribution is -1.92. The predicted octanol–water partition coefficient (Wildman–Crippen LogP) is 4.84. The molecule has 134 valence electrons. The van der Waals surface area contributed by atoms with Crippen molar-refractivity contribution in [2.75, 3.05) is 0 Å². The van der Waals surface area contributed by atoms with Crippen LogP contribution in [-0.2, 0) is 4.84 Å². The normalized spacial score (nSPS) is 10.7. The van der Waals surface area contributed by atoms with Crippen LogP contribution in [0.4, 0.5) is 0 Å². The van der Waals surface area contributed by atoms with E-state index in [1.165, 1.54) is 0 Å². The van der Waals surface area contributed by atoms with Gasteiger partial charge in [0.05, 0.1) is 17.1 Å². The number of aromatic nitrogens is 3. The van der Waals surface area contributed by atoms with Crippen LogP contribution in [0.2, 0.25) is 0 Å². The van der Waals surface area contributed by atoms with E-state index in [-0.39, 0.29) is 0 Å². The van der Waals surface area contributed by atoms with Crippen molar-refractivity contribution in [1.29, 1.82) is 0 Å². The number of nitrogens with one attached hydrogen (secondary N) is 2. The lowest BCUT2D eigenvalue weighted by molar-refractivity contribution is 0.111. The number of aromatic amines is 2. The van der Waals surface area contributed by atoms with E-state index >= 15 is 0 Å². The minimum Gasteiger partial charge on any atom is -0.355 e. The number of carbonyl (C=O) groups is 1. The van der Waals surface area contributed by atoms with Crippen LogP contribution in [0.15, 0.2) is 35.0 Å². The van der Waals surface area contributed by atoms with E-state index in [0.29, 0.717) is 11.6 Å². The number of fused-ring (bicyclic) bond motifs is 1. The molecule has 0 atom stereocenters. The van der Waals surface area contributed by atoms with Crippen molar-refractivity contribution in [2.24, 2.45) is 5.16 Å². The van der Waals surface area contributed by atoms with Gasteiger partial charge in [-0.3, -0.25) is 4.79 Å². The van der Waals surface area contributed by atoms with E-state index in [1.807, 2.05) is 58.9 Å². The summed E-state index contributed by atoms with van der Waals surface area (Å²) in [5.74, 6) is 1.04. The Labute approximate surface area is 152 Å². The van der Waals surface area contributed by atoms with E-state index in [1.54, 1.807) is 0 Å². The van der Waals surface area contributed by atoms with Gasteiger partial charge in [-0.05, 0) is 58.4 Å². The van der Waals surface area contributed by atoms with Crippen LogP contribution in [0.1, 0.15) is 49.7 Å². The molecule has 1 aromatic carbocycles. The summed E-state index contributed by atoms with van der Waals surface area (Å²) in [6.07, 6.45) is 0.720. The maximum absolute atomic E-state index is 10.9. The number of carbonyl (C=O) groups excluding carboxylic acids is 1. The molecule has 0 spiro atoms. The van der Waals surface area contributed by atoms with Crippen LogP contribution in [-0.4, -0.2) is 26.9 Å². The van der Waals surface area contributed by atoms with E-state index in [4.69, 9.17) is 4.84 Å². The number of rotatable bonds is 5. The van der Waals surface area contributed by atoms with E-state index < -0.39 is 0 Å². The summed E-state index contributed by atoms with van der Waals surface area (Å²) in [4.78, 5) is 27.2. The molecule has 0 amide bonds. The Bertz CT molecular complexity index is 1030. The van der Waals surface area contributed by atoms with Crippen LogP contribution < -0.4 is 0 Å². The molecule has 2 aromatic heterocycles. The largest absolute Gasteiger partial charge is 0.355 e. The first kappa shape index (κ1) is 17.7. The molecule has 3 aromatic rings. The molecule has 6 heteroatoms. The quantitative estimate of drug-likeness (QED) is 0.299. The van der Waals surface area contributed by atoms with Crippen LogP contribution in [0.3, 0.4) is 0 Å². The van der Waals surface area contributed by atoms with Crippen LogP contribution in [0.5, 0.6) is 0 Å². The van der Waals surface area contributed by atoms with Crippen molar-refractivity contribution in [3.63, 3.8) is 0 Å². The van der Waals surface area contributed by atoms with Crippen LogP contribution in [0, 0.1) is 6.92 Å². The maximum Gasteiger partial charge on any atom is 0.185 e. The summed E-state index contributed by atoms with van der Waals surface area (Å²) < 4.78 is 0. The van der Waals surface area contributed by atoms with Gasteiger partial charge in [0.25, 0.3) is 0 Å². The average Bonchev–Trinajstić information content (AvgIpc) is 3.16. The highest BCUT2D eigenvalue weighted by atomic mass is 16.6. The fraction of sp³-hybridized carbons (Fsp3) is 0.250. The van der Waals surface area contributed by atoms with Crippen molar-refractivity contribution in [2.45, 2.75) is 34.6 Å². The number of hydrogen-bond donors (Lipinski definition) is 2. The van der Waals surface area contributed by atoms with Crippen molar-refractivity contribution < 1.29 is 9.63 Å². The first-order chi connectivity index (χ1) is 12.4. The molecule has 3 rings (SSSR count). The second-order valence-corrected chi connectivity index (χ2v) is 6.66. The Morgan fingerprint density at radius 1 is 1.15 bits per heavy atom. The maximum atomic E-state index is 10.9. The van der Waals surface area contributed by atoms with E-state index in [0.717, 1.165) is 51.1 Å². The van der Waals surface area contributed by atoms with Gasteiger partial charge in [-0.25, -0.2) is 4.98 Å². The summed E-state index contributed by atoms with van der Waals surface area (Å²) in [7, 11) is 0. The molecular formula is C20H22N4O2. The monoisotopic (exact) mass is 350 g/mol. The number of aldehydes is 1. The highest BCUT2D eigenvalue weighted by Gasteiger charge is 2.13. The summed E-state index contributed by atoms with van der Waals surface area (Å²) in [5.41, 5.74) is 6.33. The molecule has 2 heterocycles. The third kappa shape index (κ3) is 3.44. The number of aryl methyl sites for hydroxylation is 1. The molecule has 2 N–H and O–H groups in total. The van der Waals surface area contributed by atoms with Gasteiger partial charge in [0.15, 0.2) is 17.9 Å². The lowest BCUT2D eigenvalue weighted by atomic mass is 10.1. The number of oxime groups is 1. The summed E-state index contributed by atoms with van der Waals surface area (Å²) in [5, 5.41) is 5.11. The first-order valence-corrected chi connectivity index (χ1v) is 8.40. The average molecular weight is 350 g/mol. The standard InChI is InChI=1S/C20H22N4O2/c1-11(2)20(26-24-12(3)4)17-9-15-8-14(6-7-16(15)22-17)19-13(5)21-18(10-25)23-19/h6-10,22H,1-5H3,(H,21,23). The molecule has 0 unspecified atom stereocenters. The number of allylic oxidation sites excluding steroid dienone is 1. The Hall–Kier alpha value is -3.15. The SMILES string of the molecule is CC(C)=NOC(=C(C)C)c1cc2cc(-c3nc(C=O)[nH]c3C)ccc2[nH]1. The number of nitrogens with zero attached hydrogens (tertiary/aromatic N) is 2. The molecule has 0 saturated heterocycles. The summed E-state index contributed by atoms with van der Waals surface area (Å²) >= 11 is 0. The van der Waals surface area contributed by atoms with Crippen molar-refractivity contribution >= 4 is 28.7 Å². The van der Waals surface area contributed by atoms with Gasteiger partial charge in [-0.1, -0.05) is 11.2 Å². The van der Waals surface area contributed by atoms with Gasteiger partial charge in [0.2, 0.25) is 0 Å². The van der Waals surface area contributed by atoms with Gasteiger partial charge >= 0.3 is 0 Å². The van der Waals surface area contributed by atoms with Gasteiger partial charge < -0.3 is 14.8 Å². The topological polar surface area (TPSA) is 83.1 Å². The number of hydrogen-bond acceptors (Lipinski definition) is 4. The van der Waals surface area contributed by atoms with Crippen molar-refractivity contribution in [1.82, 2.24) is 15.0 Å². The van der Waals surface area contributed by atoms with E-state index in [2.05, 4.69) is 20.1 Å². The fourth-order valence-corrected chi connectivity index (χ4v) is 2.77. The fourth-order valence-electron chi connectivity index (χ4n) is 2.77. The Morgan fingerprint density at radius 2 is 1.92 bits per heavy atom. The van der Waals surface area contributed by atoms with Crippen LogP contribution >= 0.6 is 0 Å². The Kier molecular flexibility index (Phi) is 4.75. The highest BCUT2D eigenvalue weighted by Crippen LogP contribution is 2.29. The molecular weight excluding hydrogens is 328 g/mol. The third-order valence-corrected chi connectivity index (χ3v) is 3.93. The molecule has 6 nitrogen and oxygen atoms in total. The zero-order chi connectivity index (χ0) is 18.8. The zero-order valence-electron chi connectivity index (χ0n) is 15.6. The molecule has 0 fully saturated rings. The Balaban J connectivity index is 2.04. The molecule has 0 saturated carbocycles. The first-order valence-electron chi connectivity index (χ1n) is 8.40. The number of benzene rings is 1. The minimum absolute atomic E-state index is 0.334. The molecule has 26 heavy (non-hydrogen) atoms.